The van der Waals surface area contributed by atoms with Crippen molar-refractivity contribution < 1.29 is 20.4 Å². The molecule has 0 radical (unpaired) electrons. The zero-order valence-electron chi connectivity index (χ0n) is 10.2. The van der Waals surface area contributed by atoms with Gasteiger partial charge in [0.1, 0.15) is 23.0 Å². The fraction of sp³-hybridized carbons (Fsp3) is 0.143. The van der Waals surface area contributed by atoms with Crippen molar-refractivity contribution in [1.82, 2.24) is 5.32 Å². The van der Waals surface area contributed by atoms with Gasteiger partial charge in [0.05, 0.1) is 0 Å². The molecule has 0 amide bonds. The summed E-state index contributed by atoms with van der Waals surface area (Å²) in [4.78, 5) is 0. The van der Waals surface area contributed by atoms with Crippen LogP contribution in [0.25, 0.3) is 0 Å². The van der Waals surface area contributed by atoms with E-state index in [1.165, 1.54) is 24.3 Å². The SMILES string of the molecule is Oc1ccc(CNCc2ccc(O)cc2O)c(O)c1. The molecule has 2 rings (SSSR count). The normalized spacial score (nSPS) is 10.5. The molecule has 2 aromatic carbocycles. The van der Waals surface area contributed by atoms with Crippen LogP contribution in [-0.4, -0.2) is 20.4 Å². The smallest absolute Gasteiger partial charge is 0.123 e. The van der Waals surface area contributed by atoms with Crippen molar-refractivity contribution in [1.29, 1.82) is 0 Å². The molecule has 5 nitrogen and oxygen atoms in total. The van der Waals surface area contributed by atoms with Gasteiger partial charge in [0.2, 0.25) is 0 Å². The highest BCUT2D eigenvalue weighted by Crippen LogP contribution is 2.24. The van der Waals surface area contributed by atoms with Crippen molar-refractivity contribution in [2.45, 2.75) is 13.1 Å². The van der Waals surface area contributed by atoms with Crippen molar-refractivity contribution in [3.63, 3.8) is 0 Å². The lowest BCUT2D eigenvalue weighted by Crippen LogP contribution is -2.12. The standard InChI is InChI=1S/C14H15NO4/c16-11-3-1-9(13(18)5-11)7-15-8-10-2-4-12(17)6-14(10)19/h1-6,15-19H,7-8H2. The topological polar surface area (TPSA) is 93.0 Å². The van der Waals surface area contributed by atoms with E-state index in [1.54, 1.807) is 12.1 Å². The van der Waals surface area contributed by atoms with Crippen molar-refractivity contribution >= 4 is 0 Å². The number of benzene rings is 2. The molecule has 0 bridgehead atoms. The molecule has 0 spiro atoms. The molecule has 100 valence electrons. The lowest BCUT2D eigenvalue weighted by molar-refractivity contribution is 0.440. The molecule has 0 fully saturated rings. The minimum absolute atomic E-state index is 0.0115. The van der Waals surface area contributed by atoms with E-state index in [9.17, 15) is 10.2 Å². The molecule has 0 aliphatic rings. The molecule has 0 atom stereocenters. The number of phenolic OH excluding ortho intramolecular Hbond substituents is 4. The van der Waals surface area contributed by atoms with E-state index in [0.717, 1.165) is 0 Å². The largest absolute Gasteiger partial charge is 0.508 e. The second kappa shape index (κ2) is 5.49. The number of hydrogen-bond donors (Lipinski definition) is 5. The number of nitrogens with one attached hydrogen (secondary N) is 1. The first-order valence-corrected chi connectivity index (χ1v) is 5.78. The lowest BCUT2D eigenvalue weighted by Gasteiger charge is -2.09. The van der Waals surface area contributed by atoms with Gasteiger partial charge in [-0.2, -0.15) is 0 Å². The van der Waals surface area contributed by atoms with Crippen molar-refractivity contribution in [3.05, 3.63) is 47.5 Å². The van der Waals surface area contributed by atoms with E-state index in [1.807, 2.05) is 0 Å². The summed E-state index contributed by atoms with van der Waals surface area (Å²) in [6.45, 7) is 0.791. The van der Waals surface area contributed by atoms with E-state index in [-0.39, 0.29) is 23.0 Å². The summed E-state index contributed by atoms with van der Waals surface area (Å²) in [6.07, 6.45) is 0. The van der Waals surface area contributed by atoms with E-state index in [0.29, 0.717) is 24.2 Å². The van der Waals surface area contributed by atoms with E-state index in [4.69, 9.17) is 10.2 Å². The molecule has 0 saturated carbocycles. The third-order valence-electron chi connectivity index (χ3n) is 2.77. The summed E-state index contributed by atoms with van der Waals surface area (Å²) in [5, 5.41) is 40.6. The molecule has 0 saturated heterocycles. The number of hydrogen-bond acceptors (Lipinski definition) is 5. The zero-order chi connectivity index (χ0) is 13.8. The van der Waals surface area contributed by atoms with Crippen LogP contribution in [0.3, 0.4) is 0 Å². The lowest BCUT2D eigenvalue weighted by atomic mass is 10.1. The Morgan fingerprint density at radius 1 is 0.684 bits per heavy atom. The molecular formula is C14H15NO4. The van der Waals surface area contributed by atoms with Gasteiger partial charge < -0.3 is 25.7 Å². The van der Waals surface area contributed by atoms with Gasteiger partial charge in [0.25, 0.3) is 0 Å². The van der Waals surface area contributed by atoms with Crippen LogP contribution in [0.15, 0.2) is 36.4 Å². The monoisotopic (exact) mass is 261 g/mol. The Hall–Kier alpha value is -2.40. The van der Waals surface area contributed by atoms with Gasteiger partial charge >= 0.3 is 0 Å². The summed E-state index contributed by atoms with van der Waals surface area (Å²) in [5.74, 6) is 0.0553. The summed E-state index contributed by atoms with van der Waals surface area (Å²) < 4.78 is 0. The number of aromatic hydroxyl groups is 4. The Morgan fingerprint density at radius 2 is 1.11 bits per heavy atom. The zero-order valence-corrected chi connectivity index (χ0v) is 10.2. The van der Waals surface area contributed by atoms with Crippen LogP contribution in [0, 0.1) is 0 Å². The highest BCUT2D eigenvalue weighted by molar-refractivity contribution is 5.40. The first-order valence-electron chi connectivity index (χ1n) is 5.78. The molecule has 0 aromatic heterocycles. The van der Waals surface area contributed by atoms with Gasteiger partial charge in [-0.05, 0) is 12.1 Å². The van der Waals surface area contributed by atoms with Crippen LogP contribution in [0.5, 0.6) is 23.0 Å². The minimum Gasteiger partial charge on any atom is -0.508 e. The maximum absolute atomic E-state index is 9.60. The van der Waals surface area contributed by atoms with Crippen LogP contribution < -0.4 is 5.32 Å². The number of phenols is 4. The molecular weight excluding hydrogens is 246 g/mol. The molecule has 19 heavy (non-hydrogen) atoms. The van der Waals surface area contributed by atoms with Crippen LogP contribution in [0.1, 0.15) is 11.1 Å². The molecule has 5 heteroatoms. The van der Waals surface area contributed by atoms with Gasteiger partial charge in [0.15, 0.2) is 0 Å². The van der Waals surface area contributed by atoms with Crippen LogP contribution in [0.2, 0.25) is 0 Å². The third kappa shape index (κ3) is 3.29. The molecule has 0 aliphatic carbocycles. The molecule has 0 aliphatic heterocycles. The van der Waals surface area contributed by atoms with Crippen LogP contribution >= 0.6 is 0 Å². The van der Waals surface area contributed by atoms with Gasteiger partial charge in [0, 0.05) is 36.3 Å². The average Bonchev–Trinajstić information content (AvgIpc) is 2.34. The summed E-state index contributed by atoms with van der Waals surface area (Å²) in [7, 11) is 0. The second-order valence-corrected chi connectivity index (χ2v) is 4.23. The van der Waals surface area contributed by atoms with Crippen LogP contribution in [-0.2, 0) is 13.1 Å². The number of rotatable bonds is 4. The second-order valence-electron chi connectivity index (χ2n) is 4.23. The van der Waals surface area contributed by atoms with E-state index in [2.05, 4.69) is 5.32 Å². The Balaban J connectivity index is 1.96. The molecule has 0 unspecified atom stereocenters. The fourth-order valence-corrected chi connectivity index (χ4v) is 1.74. The van der Waals surface area contributed by atoms with Gasteiger partial charge in [-0.25, -0.2) is 0 Å². The Labute approximate surface area is 110 Å². The van der Waals surface area contributed by atoms with Gasteiger partial charge in [-0.1, -0.05) is 12.1 Å². The molecule has 2 aromatic rings. The minimum atomic E-state index is 0.0115. The Kier molecular flexibility index (Phi) is 3.77. The van der Waals surface area contributed by atoms with Crippen LogP contribution in [0.4, 0.5) is 0 Å². The summed E-state index contributed by atoms with van der Waals surface area (Å²) in [6, 6.07) is 8.77. The first-order chi connectivity index (χ1) is 9.06. The van der Waals surface area contributed by atoms with E-state index >= 15 is 0 Å². The third-order valence-corrected chi connectivity index (χ3v) is 2.77. The molecule has 0 heterocycles. The maximum Gasteiger partial charge on any atom is 0.123 e. The summed E-state index contributed by atoms with van der Waals surface area (Å²) >= 11 is 0. The molecule has 5 N–H and O–H groups in total. The van der Waals surface area contributed by atoms with Crippen molar-refractivity contribution in [3.8, 4) is 23.0 Å². The predicted molar refractivity (Wildman–Crippen MR) is 70.1 cm³/mol. The fourth-order valence-electron chi connectivity index (χ4n) is 1.74. The van der Waals surface area contributed by atoms with Gasteiger partial charge in [-0.3, -0.25) is 0 Å². The van der Waals surface area contributed by atoms with Gasteiger partial charge in [-0.15, -0.1) is 0 Å². The quantitative estimate of drug-likeness (QED) is 0.578. The Bertz CT molecular complexity index is 532. The average molecular weight is 261 g/mol. The van der Waals surface area contributed by atoms with Crippen molar-refractivity contribution in [2.24, 2.45) is 0 Å². The first kappa shape index (κ1) is 13.0. The predicted octanol–water partition coefficient (Wildman–Crippen LogP) is 1.80. The van der Waals surface area contributed by atoms with E-state index < -0.39 is 0 Å². The highest BCUT2D eigenvalue weighted by Gasteiger charge is 2.04. The maximum atomic E-state index is 9.60. The summed E-state index contributed by atoms with van der Waals surface area (Å²) in [5.41, 5.74) is 1.30. The Morgan fingerprint density at radius 3 is 1.47 bits per heavy atom. The highest BCUT2D eigenvalue weighted by atomic mass is 16.3. The van der Waals surface area contributed by atoms with Crippen molar-refractivity contribution in [2.75, 3.05) is 0 Å².